The van der Waals surface area contributed by atoms with Gasteiger partial charge in [0.05, 0.1) is 12.5 Å². The van der Waals surface area contributed by atoms with Crippen molar-refractivity contribution in [1.82, 2.24) is 10.2 Å². The van der Waals surface area contributed by atoms with Crippen LogP contribution in [0.2, 0.25) is 0 Å². The predicted molar refractivity (Wildman–Crippen MR) is 99.5 cm³/mol. The topological polar surface area (TPSA) is 95.9 Å². The molecular formula is C20H28N2O5. The van der Waals surface area contributed by atoms with Crippen LogP contribution >= 0.6 is 0 Å². The molecule has 0 bridgehead atoms. The lowest BCUT2D eigenvalue weighted by molar-refractivity contribution is -0.151. The van der Waals surface area contributed by atoms with E-state index in [2.05, 4.69) is 5.32 Å². The molecule has 2 N–H and O–H groups in total. The maximum Gasteiger partial charge on any atom is 0.331 e. The lowest BCUT2D eigenvalue weighted by Crippen LogP contribution is -2.49. The quantitative estimate of drug-likeness (QED) is 0.732. The van der Waals surface area contributed by atoms with E-state index in [4.69, 9.17) is 4.74 Å². The Morgan fingerprint density at radius 2 is 1.93 bits per heavy atom. The average Bonchev–Trinajstić information content (AvgIpc) is 3.02. The number of hydrogen-bond donors (Lipinski definition) is 2. The largest absolute Gasteiger partial charge is 0.464 e. The van der Waals surface area contributed by atoms with Crippen molar-refractivity contribution in [3.8, 4) is 0 Å². The minimum Gasteiger partial charge on any atom is -0.464 e. The van der Waals surface area contributed by atoms with Gasteiger partial charge in [-0.2, -0.15) is 0 Å². The van der Waals surface area contributed by atoms with Gasteiger partial charge in [0, 0.05) is 18.5 Å². The van der Waals surface area contributed by atoms with Crippen molar-refractivity contribution >= 4 is 17.8 Å². The third-order valence-electron chi connectivity index (χ3n) is 4.60. The van der Waals surface area contributed by atoms with E-state index in [1.807, 2.05) is 20.8 Å². The standard InChI is InChI=1S/C20H28N2O5/c1-5-27-19(26)16(17(24)13-9-7-6-8-10-13)21-18(25)14-11-15(23)22(12-14)20(2,3)4/h6-10,14,16-17,24H,5,11-12H2,1-4H3,(H,21,25). The highest BCUT2D eigenvalue weighted by Gasteiger charge is 2.41. The number of carbonyl (C=O) groups is 3. The van der Waals surface area contributed by atoms with Crippen molar-refractivity contribution in [2.24, 2.45) is 5.92 Å². The normalized spacial score (nSPS) is 19.5. The molecule has 7 heteroatoms. The van der Waals surface area contributed by atoms with E-state index >= 15 is 0 Å². The SMILES string of the molecule is CCOC(=O)C(NC(=O)C1CC(=O)N(C(C)(C)C)C1)C(O)c1ccccc1. The monoisotopic (exact) mass is 376 g/mol. The van der Waals surface area contributed by atoms with Crippen LogP contribution in [0.15, 0.2) is 30.3 Å². The van der Waals surface area contributed by atoms with Gasteiger partial charge < -0.3 is 20.1 Å². The maximum absolute atomic E-state index is 12.7. The molecule has 1 aliphatic heterocycles. The van der Waals surface area contributed by atoms with Crippen LogP contribution in [0.25, 0.3) is 0 Å². The minimum atomic E-state index is -1.25. The van der Waals surface area contributed by atoms with Gasteiger partial charge in [-0.3, -0.25) is 9.59 Å². The number of aliphatic hydroxyl groups is 1. The van der Waals surface area contributed by atoms with E-state index in [0.29, 0.717) is 5.56 Å². The van der Waals surface area contributed by atoms with Crippen molar-refractivity contribution in [3.05, 3.63) is 35.9 Å². The van der Waals surface area contributed by atoms with Gasteiger partial charge in [-0.1, -0.05) is 30.3 Å². The van der Waals surface area contributed by atoms with E-state index in [0.717, 1.165) is 0 Å². The Bertz CT molecular complexity index is 683. The molecule has 148 valence electrons. The zero-order chi connectivity index (χ0) is 20.2. The lowest BCUT2D eigenvalue weighted by Gasteiger charge is -2.32. The molecule has 1 aromatic rings. The first kappa shape index (κ1) is 20.9. The van der Waals surface area contributed by atoms with Crippen LogP contribution in [0.5, 0.6) is 0 Å². The Hall–Kier alpha value is -2.41. The number of ether oxygens (including phenoxy) is 1. The van der Waals surface area contributed by atoms with E-state index in [1.54, 1.807) is 42.2 Å². The van der Waals surface area contributed by atoms with E-state index in [-0.39, 0.29) is 31.0 Å². The molecule has 0 aliphatic carbocycles. The molecule has 1 saturated heterocycles. The number of amides is 2. The highest BCUT2D eigenvalue weighted by atomic mass is 16.5. The van der Waals surface area contributed by atoms with Crippen LogP contribution in [0, 0.1) is 5.92 Å². The van der Waals surface area contributed by atoms with Gasteiger partial charge in [0.25, 0.3) is 0 Å². The lowest BCUT2D eigenvalue weighted by atomic mass is 10.0. The van der Waals surface area contributed by atoms with E-state index in [1.165, 1.54) is 0 Å². The van der Waals surface area contributed by atoms with Crippen LogP contribution in [0.3, 0.4) is 0 Å². The molecule has 1 aromatic carbocycles. The number of hydrogen-bond acceptors (Lipinski definition) is 5. The molecule has 2 amide bonds. The highest BCUT2D eigenvalue weighted by Crippen LogP contribution is 2.26. The fourth-order valence-corrected chi connectivity index (χ4v) is 3.14. The smallest absolute Gasteiger partial charge is 0.331 e. The molecule has 3 unspecified atom stereocenters. The predicted octanol–water partition coefficient (Wildman–Crippen LogP) is 1.41. The minimum absolute atomic E-state index is 0.0834. The van der Waals surface area contributed by atoms with Crippen LogP contribution in [0.4, 0.5) is 0 Å². The first-order valence-electron chi connectivity index (χ1n) is 9.15. The van der Waals surface area contributed by atoms with Gasteiger partial charge in [-0.25, -0.2) is 4.79 Å². The summed E-state index contributed by atoms with van der Waals surface area (Å²) in [6.45, 7) is 7.80. The second-order valence-corrected chi connectivity index (χ2v) is 7.67. The zero-order valence-electron chi connectivity index (χ0n) is 16.3. The van der Waals surface area contributed by atoms with Crippen molar-refractivity contribution in [3.63, 3.8) is 0 Å². The summed E-state index contributed by atoms with van der Waals surface area (Å²) in [5, 5.41) is 13.2. The van der Waals surface area contributed by atoms with Gasteiger partial charge in [0.15, 0.2) is 6.04 Å². The number of aliphatic hydroxyl groups excluding tert-OH is 1. The van der Waals surface area contributed by atoms with Gasteiger partial charge in [-0.05, 0) is 33.3 Å². The van der Waals surface area contributed by atoms with Crippen molar-refractivity contribution in [1.29, 1.82) is 0 Å². The molecule has 27 heavy (non-hydrogen) atoms. The number of benzene rings is 1. The Labute approximate surface area is 159 Å². The van der Waals surface area contributed by atoms with Crippen molar-refractivity contribution in [2.75, 3.05) is 13.2 Å². The number of nitrogens with one attached hydrogen (secondary N) is 1. The molecule has 3 atom stereocenters. The summed E-state index contributed by atoms with van der Waals surface area (Å²) in [6, 6.07) is 7.37. The maximum atomic E-state index is 12.7. The van der Waals surface area contributed by atoms with Crippen LogP contribution in [0.1, 0.15) is 45.8 Å². The number of rotatable bonds is 6. The molecule has 0 spiro atoms. The first-order valence-corrected chi connectivity index (χ1v) is 9.15. The number of nitrogens with zero attached hydrogens (tertiary/aromatic N) is 1. The van der Waals surface area contributed by atoms with Crippen molar-refractivity contribution < 1.29 is 24.2 Å². The van der Waals surface area contributed by atoms with Gasteiger partial charge in [0.2, 0.25) is 11.8 Å². The van der Waals surface area contributed by atoms with Crippen LogP contribution < -0.4 is 5.32 Å². The van der Waals surface area contributed by atoms with Crippen LogP contribution in [-0.2, 0) is 19.1 Å². The molecule has 7 nitrogen and oxygen atoms in total. The van der Waals surface area contributed by atoms with Crippen molar-refractivity contribution in [2.45, 2.75) is 51.8 Å². The summed E-state index contributed by atoms with van der Waals surface area (Å²) >= 11 is 0. The van der Waals surface area contributed by atoms with Gasteiger partial charge in [0.1, 0.15) is 6.10 Å². The van der Waals surface area contributed by atoms with E-state index in [9.17, 15) is 19.5 Å². The summed E-state index contributed by atoms with van der Waals surface area (Å²) < 4.78 is 5.02. The Kier molecular flexibility index (Phi) is 6.59. The molecule has 2 rings (SSSR count). The molecular weight excluding hydrogens is 348 g/mol. The summed E-state index contributed by atoms with van der Waals surface area (Å²) in [6.07, 6.45) is -1.16. The Morgan fingerprint density at radius 3 is 2.44 bits per heavy atom. The second-order valence-electron chi connectivity index (χ2n) is 7.67. The molecule has 1 fully saturated rings. The fraction of sp³-hybridized carbons (Fsp3) is 0.550. The molecule has 0 aromatic heterocycles. The number of likely N-dealkylation sites (tertiary alicyclic amines) is 1. The summed E-state index contributed by atoms with van der Waals surface area (Å²) in [7, 11) is 0. The summed E-state index contributed by atoms with van der Waals surface area (Å²) in [5.41, 5.74) is 0.116. The molecule has 0 saturated carbocycles. The molecule has 1 aliphatic rings. The first-order chi connectivity index (χ1) is 12.6. The second kappa shape index (κ2) is 8.52. The van der Waals surface area contributed by atoms with Gasteiger partial charge in [-0.15, -0.1) is 0 Å². The Morgan fingerprint density at radius 1 is 1.30 bits per heavy atom. The third kappa shape index (κ3) is 5.07. The summed E-state index contributed by atoms with van der Waals surface area (Å²) in [5.74, 6) is -1.82. The fourth-order valence-electron chi connectivity index (χ4n) is 3.14. The van der Waals surface area contributed by atoms with E-state index < -0.39 is 29.9 Å². The van der Waals surface area contributed by atoms with Gasteiger partial charge >= 0.3 is 5.97 Å². The highest BCUT2D eigenvalue weighted by molar-refractivity contribution is 5.92. The number of carbonyl (C=O) groups excluding carboxylic acids is 3. The third-order valence-corrected chi connectivity index (χ3v) is 4.60. The summed E-state index contributed by atoms with van der Waals surface area (Å²) in [4.78, 5) is 38.9. The molecule has 0 radical (unpaired) electrons. The van der Waals surface area contributed by atoms with Crippen LogP contribution in [-0.4, -0.2) is 52.5 Å². The number of esters is 1. The average molecular weight is 376 g/mol. The Balaban J connectivity index is 2.14. The molecule has 1 heterocycles. The zero-order valence-corrected chi connectivity index (χ0v) is 16.3.